The molecule has 1 saturated heterocycles. The van der Waals surface area contributed by atoms with Gasteiger partial charge in [0.25, 0.3) is 5.91 Å². The maximum Gasteiger partial charge on any atom is 0.258 e. The Balaban J connectivity index is 1.55. The number of carbonyl (C=O) groups excluding carboxylic acids is 2. The fourth-order valence-corrected chi connectivity index (χ4v) is 4.18. The topological polar surface area (TPSA) is 67.9 Å². The Morgan fingerprint density at radius 3 is 2.57 bits per heavy atom. The van der Waals surface area contributed by atoms with E-state index in [0.717, 1.165) is 41.8 Å². The van der Waals surface area contributed by atoms with Gasteiger partial charge in [-0.3, -0.25) is 9.59 Å². The van der Waals surface area contributed by atoms with Crippen LogP contribution in [0.4, 0.5) is 5.69 Å². The highest BCUT2D eigenvalue weighted by Gasteiger charge is 2.20. The smallest absolute Gasteiger partial charge is 0.258 e. The average molecular weight is 473 g/mol. The quantitative estimate of drug-likeness (QED) is 0.491. The number of carbonyl (C=O) groups is 2. The van der Waals surface area contributed by atoms with Crippen LogP contribution in [-0.2, 0) is 22.5 Å². The van der Waals surface area contributed by atoms with Gasteiger partial charge in [-0.05, 0) is 61.2 Å². The number of hydrogen-bond donors (Lipinski definition) is 1. The monoisotopic (exact) mass is 472 g/mol. The van der Waals surface area contributed by atoms with Crippen LogP contribution in [0.3, 0.4) is 0 Å². The van der Waals surface area contributed by atoms with E-state index in [4.69, 9.17) is 9.47 Å². The number of nitrogens with zero attached hydrogens (tertiary/aromatic N) is 1. The minimum absolute atomic E-state index is 0.0538. The van der Waals surface area contributed by atoms with Gasteiger partial charge in [-0.1, -0.05) is 48.0 Å². The van der Waals surface area contributed by atoms with Crippen molar-refractivity contribution < 1.29 is 19.1 Å². The maximum atomic E-state index is 13.6. The van der Waals surface area contributed by atoms with Crippen molar-refractivity contribution >= 4 is 17.5 Å². The summed E-state index contributed by atoms with van der Waals surface area (Å²) in [6, 6.07) is 22.9. The molecule has 1 aliphatic rings. The Bertz CT molecular complexity index is 1150. The van der Waals surface area contributed by atoms with Crippen molar-refractivity contribution in [2.45, 2.75) is 38.8 Å². The van der Waals surface area contributed by atoms with Crippen LogP contribution in [0.1, 0.15) is 39.9 Å². The molecule has 4 rings (SSSR count). The van der Waals surface area contributed by atoms with E-state index in [2.05, 4.69) is 5.32 Å². The predicted molar refractivity (Wildman–Crippen MR) is 137 cm³/mol. The first-order valence-electron chi connectivity index (χ1n) is 12.0. The molecular formula is C29H32N2O4. The van der Waals surface area contributed by atoms with Gasteiger partial charge in [0.15, 0.2) is 0 Å². The third-order valence-corrected chi connectivity index (χ3v) is 6.16. The third kappa shape index (κ3) is 6.70. The molecule has 0 spiro atoms. The number of benzene rings is 3. The summed E-state index contributed by atoms with van der Waals surface area (Å²) in [7, 11) is 1.58. The molecule has 182 valence electrons. The Labute approximate surface area is 206 Å². The lowest BCUT2D eigenvalue weighted by Crippen LogP contribution is -2.33. The van der Waals surface area contributed by atoms with Crippen LogP contribution in [0, 0.1) is 6.92 Å². The molecule has 1 atom stereocenters. The van der Waals surface area contributed by atoms with Gasteiger partial charge in [0.2, 0.25) is 5.91 Å². The van der Waals surface area contributed by atoms with E-state index in [9.17, 15) is 9.59 Å². The molecule has 1 fully saturated rings. The third-order valence-electron chi connectivity index (χ3n) is 6.16. The maximum absolute atomic E-state index is 13.6. The van der Waals surface area contributed by atoms with Crippen molar-refractivity contribution in [3.8, 4) is 5.75 Å². The lowest BCUT2D eigenvalue weighted by Gasteiger charge is -2.24. The molecule has 1 heterocycles. The zero-order valence-electron chi connectivity index (χ0n) is 20.3. The molecule has 0 aliphatic carbocycles. The summed E-state index contributed by atoms with van der Waals surface area (Å²) in [5.41, 5.74) is 4.31. The first kappa shape index (κ1) is 24.5. The highest BCUT2D eigenvalue weighted by molar-refractivity contribution is 6.06. The fraction of sp³-hybridized carbons (Fsp3) is 0.310. The summed E-state index contributed by atoms with van der Waals surface area (Å²) in [5, 5.41) is 2.97. The first-order chi connectivity index (χ1) is 17.0. The van der Waals surface area contributed by atoms with Gasteiger partial charge in [0.1, 0.15) is 5.75 Å². The summed E-state index contributed by atoms with van der Waals surface area (Å²) in [4.78, 5) is 27.9. The van der Waals surface area contributed by atoms with Crippen molar-refractivity contribution in [3.63, 3.8) is 0 Å². The molecule has 6 heteroatoms. The zero-order chi connectivity index (χ0) is 24.6. The lowest BCUT2D eigenvalue weighted by molar-refractivity contribution is -0.120. The summed E-state index contributed by atoms with van der Waals surface area (Å²) in [6.45, 7) is 3.74. The Morgan fingerprint density at radius 1 is 1.03 bits per heavy atom. The largest absolute Gasteiger partial charge is 0.497 e. The molecule has 0 unspecified atom stereocenters. The number of nitrogens with one attached hydrogen (secondary N) is 1. The molecule has 6 nitrogen and oxygen atoms in total. The number of amides is 2. The number of methoxy groups -OCH3 is 1. The number of rotatable bonds is 9. The molecular weight excluding hydrogens is 440 g/mol. The minimum Gasteiger partial charge on any atom is -0.497 e. The second kappa shape index (κ2) is 11.7. The van der Waals surface area contributed by atoms with Crippen LogP contribution in [-0.4, -0.2) is 38.2 Å². The van der Waals surface area contributed by atoms with Gasteiger partial charge in [0, 0.05) is 24.4 Å². The number of anilines is 1. The first-order valence-corrected chi connectivity index (χ1v) is 12.0. The zero-order valence-corrected chi connectivity index (χ0v) is 20.3. The number of hydrogen-bond acceptors (Lipinski definition) is 4. The van der Waals surface area contributed by atoms with Gasteiger partial charge in [-0.25, -0.2) is 0 Å². The van der Waals surface area contributed by atoms with E-state index in [0.29, 0.717) is 24.4 Å². The van der Waals surface area contributed by atoms with Crippen LogP contribution in [0.5, 0.6) is 5.75 Å². The molecule has 3 aromatic carbocycles. The van der Waals surface area contributed by atoms with Gasteiger partial charge in [0.05, 0.1) is 26.2 Å². The van der Waals surface area contributed by atoms with Crippen LogP contribution >= 0.6 is 0 Å². The second-order valence-electron chi connectivity index (χ2n) is 8.89. The Kier molecular flexibility index (Phi) is 8.16. The molecule has 0 radical (unpaired) electrons. The molecule has 2 amide bonds. The standard InChI is InChI=1S/C29H32N2O4/c1-21-11-13-22(14-12-21)20-31(29(33)24-7-4-9-26(18-24)34-2)25-8-3-6-23(16-25)17-28(32)30-19-27-10-5-15-35-27/h3-4,6-9,11-14,16,18,27H,5,10,15,17,19-20H2,1-2H3,(H,30,32)/t27-/m1/s1. The van der Waals surface area contributed by atoms with E-state index in [1.807, 2.05) is 67.6 Å². The van der Waals surface area contributed by atoms with Crippen molar-refractivity contribution in [1.82, 2.24) is 5.32 Å². The van der Waals surface area contributed by atoms with E-state index < -0.39 is 0 Å². The summed E-state index contributed by atoms with van der Waals surface area (Å²) in [5.74, 6) is 0.439. The molecule has 0 bridgehead atoms. The van der Waals surface area contributed by atoms with E-state index >= 15 is 0 Å². The number of ether oxygens (including phenoxy) is 2. The lowest BCUT2D eigenvalue weighted by atomic mass is 10.1. The fourth-order valence-electron chi connectivity index (χ4n) is 4.18. The van der Waals surface area contributed by atoms with E-state index in [1.54, 1.807) is 24.1 Å². The van der Waals surface area contributed by atoms with E-state index in [-0.39, 0.29) is 24.3 Å². The van der Waals surface area contributed by atoms with Crippen molar-refractivity contribution in [1.29, 1.82) is 0 Å². The molecule has 35 heavy (non-hydrogen) atoms. The van der Waals surface area contributed by atoms with Gasteiger partial charge < -0.3 is 19.7 Å². The van der Waals surface area contributed by atoms with Gasteiger partial charge in [-0.15, -0.1) is 0 Å². The summed E-state index contributed by atoms with van der Waals surface area (Å²) < 4.78 is 10.9. The highest BCUT2D eigenvalue weighted by Crippen LogP contribution is 2.24. The normalized spacial score (nSPS) is 15.0. The van der Waals surface area contributed by atoms with Gasteiger partial charge in [-0.2, -0.15) is 0 Å². The van der Waals surface area contributed by atoms with Crippen LogP contribution in [0.2, 0.25) is 0 Å². The Morgan fingerprint density at radius 2 is 1.83 bits per heavy atom. The minimum atomic E-state index is -0.135. The van der Waals surface area contributed by atoms with Gasteiger partial charge >= 0.3 is 0 Å². The average Bonchev–Trinajstić information content (AvgIpc) is 3.41. The molecule has 1 aliphatic heterocycles. The Hall–Kier alpha value is -3.64. The van der Waals surface area contributed by atoms with Crippen molar-refractivity contribution in [3.05, 3.63) is 95.1 Å². The second-order valence-corrected chi connectivity index (χ2v) is 8.89. The molecule has 3 aromatic rings. The van der Waals surface area contributed by atoms with Crippen LogP contribution < -0.4 is 15.0 Å². The van der Waals surface area contributed by atoms with Crippen LogP contribution in [0.15, 0.2) is 72.8 Å². The van der Waals surface area contributed by atoms with Crippen LogP contribution in [0.25, 0.3) is 0 Å². The summed E-state index contributed by atoms with van der Waals surface area (Å²) >= 11 is 0. The molecule has 0 saturated carbocycles. The van der Waals surface area contributed by atoms with Crippen molar-refractivity contribution in [2.24, 2.45) is 0 Å². The number of aryl methyl sites for hydroxylation is 1. The van der Waals surface area contributed by atoms with E-state index in [1.165, 1.54) is 0 Å². The summed E-state index contributed by atoms with van der Waals surface area (Å²) in [6.07, 6.45) is 2.37. The van der Waals surface area contributed by atoms with Crippen molar-refractivity contribution in [2.75, 3.05) is 25.2 Å². The SMILES string of the molecule is COc1cccc(C(=O)N(Cc2ccc(C)cc2)c2cccc(CC(=O)NC[C@H]3CCCO3)c2)c1. The molecule has 1 N–H and O–H groups in total. The highest BCUT2D eigenvalue weighted by atomic mass is 16.5. The molecule has 0 aromatic heterocycles. The predicted octanol–water partition coefficient (Wildman–Crippen LogP) is 4.69.